The van der Waals surface area contributed by atoms with E-state index in [0.717, 1.165) is 34.9 Å². The fourth-order valence-electron chi connectivity index (χ4n) is 3.36. The van der Waals surface area contributed by atoms with Crippen LogP contribution in [0.4, 0.5) is 0 Å². The molecule has 0 heterocycles. The smallest absolute Gasteiger partial charge is 0.252 e. The van der Waals surface area contributed by atoms with Crippen LogP contribution >= 0.6 is 15.9 Å². The summed E-state index contributed by atoms with van der Waals surface area (Å²) in [6.45, 7) is 6.12. The Labute approximate surface area is 130 Å². The fraction of sp³-hybridized carbons (Fsp3) is 0.588. The van der Waals surface area contributed by atoms with Gasteiger partial charge in [0.05, 0.1) is 5.54 Å². The lowest BCUT2D eigenvalue weighted by molar-refractivity contribution is 0.0885. The van der Waals surface area contributed by atoms with Gasteiger partial charge in [-0.15, -0.1) is 0 Å². The number of aryl methyl sites for hydroxylation is 3. The first-order chi connectivity index (χ1) is 9.47. The Bertz CT molecular complexity index is 481. The Hall–Kier alpha value is -0.830. The molecule has 1 aliphatic rings. The van der Waals surface area contributed by atoms with Gasteiger partial charge in [0.2, 0.25) is 0 Å². The normalized spacial score (nSPS) is 17.8. The summed E-state index contributed by atoms with van der Waals surface area (Å²) < 4.78 is 0. The average Bonchev–Trinajstić information content (AvgIpc) is 2.38. The molecule has 1 fully saturated rings. The number of amides is 1. The van der Waals surface area contributed by atoms with Gasteiger partial charge < -0.3 is 5.32 Å². The van der Waals surface area contributed by atoms with Crippen LogP contribution in [0.5, 0.6) is 0 Å². The quantitative estimate of drug-likeness (QED) is 0.811. The van der Waals surface area contributed by atoms with Crippen molar-refractivity contribution in [3.63, 3.8) is 0 Å². The molecule has 0 aromatic heterocycles. The second-order valence-electron chi connectivity index (χ2n) is 6.20. The van der Waals surface area contributed by atoms with Gasteiger partial charge >= 0.3 is 0 Å². The van der Waals surface area contributed by atoms with Gasteiger partial charge in [-0.25, -0.2) is 0 Å². The van der Waals surface area contributed by atoms with Gasteiger partial charge in [-0.3, -0.25) is 4.79 Å². The maximum Gasteiger partial charge on any atom is 0.252 e. The van der Waals surface area contributed by atoms with E-state index in [1.165, 1.54) is 24.8 Å². The Morgan fingerprint density at radius 2 is 1.70 bits per heavy atom. The van der Waals surface area contributed by atoms with Crippen LogP contribution in [-0.4, -0.2) is 16.8 Å². The highest BCUT2D eigenvalue weighted by Crippen LogP contribution is 2.30. The molecule has 0 unspecified atom stereocenters. The maximum absolute atomic E-state index is 12.7. The number of halogens is 1. The van der Waals surface area contributed by atoms with Crippen LogP contribution in [0.1, 0.15) is 59.2 Å². The van der Waals surface area contributed by atoms with E-state index in [0.29, 0.717) is 0 Å². The summed E-state index contributed by atoms with van der Waals surface area (Å²) in [6, 6.07) is 4.17. The standard InChI is InChI=1S/C17H24BrNO/c1-12-9-13(2)15(14(3)10-12)16(20)19-17(11-18)7-5-4-6-8-17/h9-10H,4-8,11H2,1-3H3,(H,19,20). The summed E-state index contributed by atoms with van der Waals surface area (Å²) in [5.41, 5.74) is 4.14. The van der Waals surface area contributed by atoms with E-state index in [2.05, 4.69) is 40.3 Å². The highest BCUT2D eigenvalue weighted by Gasteiger charge is 2.33. The molecule has 110 valence electrons. The van der Waals surface area contributed by atoms with Crippen molar-refractivity contribution in [1.29, 1.82) is 0 Å². The van der Waals surface area contributed by atoms with E-state index in [9.17, 15) is 4.79 Å². The van der Waals surface area contributed by atoms with Gasteiger partial charge in [0.15, 0.2) is 0 Å². The van der Waals surface area contributed by atoms with Gasteiger partial charge in [0.25, 0.3) is 5.91 Å². The number of hydrogen-bond donors (Lipinski definition) is 1. The lowest BCUT2D eigenvalue weighted by atomic mass is 9.83. The zero-order chi connectivity index (χ0) is 14.8. The molecule has 0 spiro atoms. The molecule has 0 atom stereocenters. The molecule has 3 heteroatoms. The third-order valence-electron chi connectivity index (χ3n) is 4.35. The van der Waals surface area contributed by atoms with Crippen molar-refractivity contribution in [2.45, 2.75) is 58.4 Å². The monoisotopic (exact) mass is 337 g/mol. The minimum absolute atomic E-state index is 0.0564. The molecule has 0 aliphatic heterocycles. The predicted molar refractivity (Wildman–Crippen MR) is 87.7 cm³/mol. The van der Waals surface area contributed by atoms with E-state index >= 15 is 0 Å². The van der Waals surface area contributed by atoms with Gasteiger partial charge in [0, 0.05) is 10.9 Å². The zero-order valence-electron chi connectivity index (χ0n) is 12.7. The molecule has 1 aliphatic carbocycles. The Kier molecular flexibility index (Phi) is 4.90. The molecular formula is C17H24BrNO. The molecule has 1 aromatic rings. The van der Waals surface area contributed by atoms with Gasteiger partial charge in [0.1, 0.15) is 0 Å². The molecule has 1 saturated carbocycles. The number of alkyl halides is 1. The summed E-state index contributed by atoms with van der Waals surface area (Å²) in [7, 11) is 0. The summed E-state index contributed by atoms with van der Waals surface area (Å²) in [4.78, 5) is 12.7. The Morgan fingerprint density at radius 3 is 2.20 bits per heavy atom. The molecule has 1 amide bonds. The van der Waals surface area contributed by atoms with E-state index in [-0.39, 0.29) is 11.4 Å². The second-order valence-corrected chi connectivity index (χ2v) is 6.76. The van der Waals surface area contributed by atoms with Crippen LogP contribution in [0.2, 0.25) is 0 Å². The van der Waals surface area contributed by atoms with Crippen LogP contribution < -0.4 is 5.32 Å². The molecule has 0 bridgehead atoms. The maximum atomic E-state index is 12.7. The minimum Gasteiger partial charge on any atom is -0.346 e. The molecule has 2 rings (SSSR count). The van der Waals surface area contributed by atoms with Crippen molar-refractivity contribution in [1.82, 2.24) is 5.32 Å². The first-order valence-corrected chi connectivity index (χ1v) is 8.56. The molecule has 1 N–H and O–H groups in total. The number of benzene rings is 1. The zero-order valence-corrected chi connectivity index (χ0v) is 14.3. The molecule has 1 aromatic carbocycles. The van der Waals surface area contributed by atoms with Crippen molar-refractivity contribution >= 4 is 21.8 Å². The first-order valence-electron chi connectivity index (χ1n) is 7.44. The van der Waals surface area contributed by atoms with Crippen LogP contribution in [0.25, 0.3) is 0 Å². The third kappa shape index (κ3) is 3.25. The number of hydrogen-bond acceptors (Lipinski definition) is 1. The molecule has 0 saturated heterocycles. The molecular weight excluding hydrogens is 314 g/mol. The Morgan fingerprint density at radius 1 is 1.15 bits per heavy atom. The number of nitrogens with one attached hydrogen (secondary N) is 1. The summed E-state index contributed by atoms with van der Waals surface area (Å²) in [6.07, 6.45) is 5.85. The van der Waals surface area contributed by atoms with E-state index in [1.54, 1.807) is 0 Å². The van der Waals surface area contributed by atoms with Crippen molar-refractivity contribution < 1.29 is 4.79 Å². The van der Waals surface area contributed by atoms with E-state index < -0.39 is 0 Å². The molecule has 0 radical (unpaired) electrons. The van der Waals surface area contributed by atoms with E-state index in [1.807, 2.05) is 13.8 Å². The SMILES string of the molecule is Cc1cc(C)c(C(=O)NC2(CBr)CCCCC2)c(C)c1. The van der Waals surface area contributed by atoms with Gasteiger partial charge in [-0.1, -0.05) is 52.9 Å². The summed E-state index contributed by atoms with van der Waals surface area (Å²) in [5, 5.41) is 4.16. The summed E-state index contributed by atoms with van der Waals surface area (Å²) >= 11 is 3.60. The highest BCUT2D eigenvalue weighted by molar-refractivity contribution is 9.09. The number of carbonyl (C=O) groups is 1. The summed E-state index contributed by atoms with van der Waals surface area (Å²) in [5.74, 6) is 0.0846. The third-order valence-corrected chi connectivity index (χ3v) is 5.42. The fourth-order valence-corrected chi connectivity index (χ4v) is 4.06. The highest BCUT2D eigenvalue weighted by atomic mass is 79.9. The van der Waals surface area contributed by atoms with Crippen LogP contribution in [0.15, 0.2) is 12.1 Å². The van der Waals surface area contributed by atoms with Crippen LogP contribution in [0.3, 0.4) is 0 Å². The lowest BCUT2D eigenvalue weighted by Gasteiger charge is -2.37. The van der Waals surface area contributed by atoms with Crippen LogP contribution in [0, 0.1) is 20.8 Å². The minimum atomic E-state index is -0.0564. The van der Waals surface area contributed by atoms with Crippen molar-refractivity contribution in [3.8, 4) is 0 Å². The van der Waals surface area contributed by atoms with Crippen molar-refractivity contribution in [2.75, 3.05) is 5.33 Å². The number of rotatable bonds is 3. The average molecular weight is 338 g/mol. The van der Waals surface area contributed by atoms with Crippen molar-refractivity contribution in [3.05, 3.63) is 34.4 Å². The predicted octanol–water partition coefficient (Wildman–Crippen LogP) is 4.44. The largest absolute Gasteiger partial charge is 0.346 e. The van der Waals surface area contributed by atoms with Gasteiger partial charge in [-0.2, -0.15) is 0 Å². The number of carbonyl (C=O) groups excluding carboxylic acids is 1. The van der Waals surface area contributed by atoms with Crippen molar-refractivity contribution in [2.24, 2.45) is 0 Å². The first kappa shape index (κ1) is 15.6. The lowest BCUT2D eigenvalue weighted by Crippen LogP contribution is -2.51. The van der Waals surface area contributed by atoms with Gasteiger partial charge in [-0.05, 0) is 44.7 Å². The van der Waals surface area contributed by atoms with Crippen LogP contribution in [-0.2, 0) is 0 Å². The Balaban J connectivity index is 2.23. The second kappa shape index (κ2) is 6.30. The molecule has 20 heavy (non-hydrogen) atoms. The topological polar surface area (TPSA) is 29.1 Å². The van der Waals surface area contributed by atoms with E-state index in [4.69, 9.17) is 0 Å². The molecule has 2 nitrogen and oxygen atoms in total.